The van der Waals surface area contributed by atoms with Gasteiger partial charge in [-0.05, 0) is 67.5 Å². The van der Waals surface area contributed by atoms with Gasteiger partial charge in [-0.1, -0.05) is 0 Å². The highest BCUT2D eigenvalue weighted by molar-refractivity contribution is 7.13. The molecular formula is C16H19N3OS. The van der Waals surface area contributed by atoms with Crippen molar-refractivity contribution in [2.24, 2.45) is 11.8 Å². The molecule has 5 rings (SSSR count). The van der Waals surface area contributed by atoms with Crippen LogP contribution in [0.3, 0.4) is 0 Å². The minimum Gasteiger partial charge on any atom is -0.399 e. The van der Waals surface area contributed by atoms with Gasteiger partial charge in [-0.25, -0.2) is 0 Å². The lowest BCUT2D eigenvalue weighted by Crippen LogP contribution is -2.47. The van der Waals surface area contributed by atoms with Crippen molar-refractivity contribution >= 4 is 33.1 Å². The van der Waals surface area contributed by atoms with Crippen LogP contribution in [0.5, 0.6) is 0 Å². The van der Waals surface area contributed by atoms with Crippen LogP contribution in [-0.4, -0.2) is 34.7 Å². The predicted octanol–water partition coefficient (Wildman–Crippen LogP) is 2.79. The normalized spacial score (nSPS) is 28.1. The molecule has 0 radical (unpaired) electrons. The molecule has 21 heavy (non-hydrogen) atoms. The van der Waals surface area contributed by atoms with Gasteiger partial charge in [0.15, 0.2) is 5.78 Å². The second-order valence-electron chi connectivity index (χ2n) is 6.31. The maximum atomic E-state index is 12.6. The van der Waals surface area contributed by atoms with Gasteiger partial charge in [0, 0.05) is 24.0 Å². The highest BCUT2D eigenvalue weighted by Crippen LogP contribution is 2.35. The first-order valence-electron chi connectivity index (χ1n) is 7.61. The Labute approximate surface area is 128 Å². The van der Waals surface area contributed by atoms with Gasteiger partial charge >= 0.3 is 0 Å². The van der Waals surface area contributed by atoms with Gasteiger partial charge in [-0.2, -0.15) is 4.37 Å². The molecule has 0 amide bonds. The van der Waals surface area contributed by atoms with E-state index in [4.69, 9.17) is 5.73 Å². The first kappa shape index (κ1) is 13.2. The molecule has 2 bridgehead atoms. The number of benzene rings is 1. The molecule has 2 aromatic rings. The highest BCUT2D eigenvalue weighted by atomic mass is 32.1. The van der Waals surface area contributed by atoms with Crippen molar-refractivity contribution in [1.29, 1.82) is 0 Å². The van der Waals surface area contributed by atoms with Gasteiger partial charge in [0.25, 0.3) is 0 Å². The summed E-state index contributed by atoms with van der Waals surface area (Å²) in [6, 6.07) is 5.68. The maximum Gasteiger partial charge on any atom is 0.183 e. The van der Waals surface area contributed by atoms with Crippen LogP contribution in [-0.2, 0) is 0 Å². The monoisotopic (exact) mass is 301 g/mol. The number of nitrogen functional groups attached to an aromatic ring is 1. The lowest BCUT2D eigenvalue weighted by atomic mass is 9.76. The summed E-state index contributed by atoms with van der Waals surface area (Å²) < 4.78 is 5.39. The van der Waals surface area contributed by atoms with Crippen molar-refractivity contribution in [1.82, 2.24) is 9.27 Å². The van der Waals surface area contributed by atoms with Gasteiger partial charge in [0.1, 0.15) is 5.69 Å². The zero-order valence-electron chi connectivity index (χ0n) is 11.9. The predicted molar refractivity (Wildman–Crippen MR) is 85.6 cm³/mol. The fourth-order valence-electron chi connectivity index (χ4n) is 3.81. The molecule has 3 aliphatic rings. The first-order valence-corrected chi connectivity index (χ1v) is 8.38. The average Bonchev–Trinajstić information content (AvgIpc) is 2.91. The van der Waals surface area contributed by atoms with Gasteiger partial charge in [0.2, 0.25) is 0 Å². The van der Waals surface area contributed by atoms with Crippen molar-refractivity contribution in [3.05, 3.63) is 23.9 Å². The Morgan fingerprint density at radius 1 is 1.38 bits per heavy atom. The Balaban J connectivity index is 1.56. The Hall–Kier alpha value is -1.46. The summed E-state index contributed by atoms with van der Waals surface area (Å²) in [5.41, 5.74) is 7.16. The van der Waals surface area contributed by atoms with Gasteiger partial charge in [-0.3, -0.25) is 4.79 Å². The van der Waals surface area contributed by atoms with E-state index < -0.39 is 0 Å². The molecule has 5 heteroatoms. The number of piperidine rings is 3. The molecule has 0 aliphatic carbocycles. The van der Waals surface area contributed by atoms with Crippen molar-refractivity contribution in [2.75, 3.05) is 25.4 Å². The maximum absolute atomic E-state index is 12.6. The molecule has 2 N–H and O–H groups in total. The van der Waals surface area contributed by atoms with Crippen molar-refractivity contribution < 1.29 is 4.79 Å². The molecule has 4 heterocycles. The fraction of sp³-hybridized carbons (Fsp3) is 0.500. The van der Waals surface area contributed by atoms with Crippen molar-refractivity contribution in [2.45, 2.75) is 19.3 Å². The number of carbonyl (C=O) groups is 1. The van der Waals surface area contributed by atoms with Crippen molar-refractivity contribution in [3.8, 4) is 0 Å². The van der Waals surface area contributed by atoms with E-state index in [2.05, 4.69) is 9.27 Å². The Morgan fingerprint density at radius 2 is 2.19 bits per heavy atom. The first-order chi connectivity index (χ1) is 10.2. The molecule has 1 aromatic carbocycles. The molecule has 3 saturated heterocycles. The third kappa shape index (κ3) is 2.34. The third-order valence-electron chi connectivity index (χ3n) is 5.00. The van der Waals surface area contributed by atoms with E-state index in [1.807, 2.05) is 18.2 Å². The van der Waals surface area contributed by atoms with Crippen molar-refractivity contribution in [3.63, 3.8) is 0 Å². The van der Waals surface area contributed by atoms with Crippen LogP contribution in [0.1, 0.15) is 29.8 Å². The van der Waals surface area contributed by atoms with Crippen LogP contribution in [0.4, 0.5) is 5.69 Å². The zero-order chi connectivity index (χ0) is 14.4. The molecule has 4 nitrogen and oxygen atoms in total. The number of fused-ring (bicyclic) bond motifs is 4. The lowest BCUT2D eigenvalue weighted by Gasteiger charge is -2.44. The quantitative estimate of drug-likeness (QED) is 0.699. The summed E-state index contributed by atoms with van der Waals surface area (Å²) in [7, 11) is 0. The number of hydrogen-bond acceptors (Lipinski definition) is 5. The number of ketones is 1. The zero-order valence-corrected chi connectivity index (χ0v) is 12.7. The van der Waals surface area contributed by atoms with Gasteiger partial charge in [-0.15, -0.1) is 0 Å². The number of nitrogens with two attached hydrogens (primary N) is 1. The molecule has 3 fully saturated rings. The van der Waals surface area contributed by atoms with Gasteiger partial charge in [0.05, 0.1) is 4.70 Å². The summed E-state index contributed by atoms with van der Waals surface area (Å²) in [5, 5.41) is 0.959. The number of anilines is 1. The van der Waals surface area contributed by atoms with Crippen LogP contribution in [0.25, 0.3) is 10.1 Å². The number of hydrogen-bond donors (Lipinski definition) is 1. The molecule has 1 atom stereocenters. The Kier molecular flexibility index (Phi) is 3.19. The molecule has 110 valence electrons. The average molecular weight is 301 g/mol. The fourth-order valence-corrected chi connectivity index (χ4v) is 4.65. The van der Waals surface area contributed by atoms with E-state index in [1.165, 1.54) is 37.5 Å². The molecule has 3 aliphatic heterocycles. The Morgan fingerprint density at radius 3 is 2.90 bits per heavy atom. The number of aromatic nitrogens is 1. The Bertz CT molecular complexity index is 688. The molecule has 0 spiro atoms. The minimum absolute atomic E-state index is 0.199. The van der Waals surface area contributed by atoms with E-state index in [-0.39, 0.29) is 5.78 Å². The van der Waals surface area contributed by atoms with E-state index in [9.17, 15) is 4.79 Å². The van der Waals surface area contributed by atoms with E-state index in [0.717, 1.165) is 28.2 Å². The summed E-state index contributed by atoms with van der Waals surface area (Å²) >= 11 is 1.37. The van der Waals surface area contributed by atoms with Gasteiger partial charge < -0.3 is 10.6 Å². The lowest BCUT2D eigenvalue weighted by molar-refractivity contribution is 0.0440. The summed E-state index contributed by atoms with van der Waals surface area (Å²) in [6.07, 6.45) is 3.16. The standard InChI is InChI=1S/C16H19N3OS/c17-12-1-2-13-15(8-12)21-18-16(13)14(20)7-11-9-19-5-3-10(11)4-6-19/h1-2,8,10-11H,3-7,9,17H2/t11-/m1/s1. The van der Waals surface area contributed by atoms with Crippen LogP contribution in [0.2, 0.25) is 0 Å². The minimum atomic E-state index is 0.199. The number of nitrogens with zero attached hydrogens (tertiary/aromatic N) is 2. The number of rotatable bonds is 3. The molecule has 0 unspecified atom stereocenters. The molecule has 1 aromatic heterocycles. The SMILES string of the molecule is Nc1ccc2c(C(=O)C[C@@H]3CN4CCC3CC4)nsc2c1. The second-order valence-corrected chi connectivity index (χ2v) is 7.12. The highest BCUT2D eigenvalue weighted by Gasteiger charge is 2.35. The largest absolute Gasteiger partial charge is 0.399 e. The number of Topliss-reactive ketones (excluding diaryl/α,β-unsaturated/α-hetero) is 1. The summed E-state index contributed by atoms with van der Waals surface area (Å²) in [4.78, 5) is 15.1. The molecular weight excluding hydrogens is 282 g/mol. The topological polar surface area (TPSA) is 59.2 Å². The van der Waals surface area contributed by atoms with E-state index in [0.29, 0.717) is 18.0 Å². The van der Waals surface area contributed by atoms with Crippen LogP contribution < -0.4 is 5.73 Å². The second kappa shape index (κ2) is 5.07. The summed E-state index contributed by atoms with van der Waals surface area (Å²) in [6.45, 7) is 3.52. The summed E-state index contributed by atoms with van der Waals surface area (Å²) in [5.74, 6) is 1.45. The van der Waals surface area contributed by atoms with E-state index >= 15 is 0 Å². The molecule has 0 saturated carbocycles. The smallest absolute Gasteiger partial charge is 0.183 e. The third-order valence-corrected chi connectivity index (χ3v) is 5.81. The van der Waals surface area contributed by atoms with Crippen LogP contribution in [0, 0.1) is 11.8 Å². The van der Waals surface area contributed by atoms with Crippen LogP contribution >= 0.6 is 11.5 Å². The van der Waals surface area contributed by atoms with Crippen LogP contribution in [0.15, 0.2) is 18.2 Å². The number of carbonyl (C=O) groups excluding carboxylic acids is 1. The van der Waals surface area contributed by atoms with E-state index in [1.54, 1.807) is 0 Å².